The van der Waals surface area contributed by atoms with E-state index in [2.05, 4.69) is 37.6 Å². The average Bonchev–Trinajstić information content (AvgIpc) is 3.23. The average molecular weight is 371 g/mol. The van der Waals surface area contributed by atoms with Crippen LogP contribution in [0.1, 0.15) is 32.1 Å². The SMILES string of the molecule is CN1CC/C(=C\C(=O)NCCCCCCNc2ncnc3cnn(C)c23)C1. The van der Waals surface area contributed by atoms with Crippen LogP contribution in [0.3, 0.4) is 0 Å². The van der Waals surface area contributed by atoms with Gasteiger partial charge in [-0.15, -0.1) is 0 Å². The Balaban J connectivity index is 1.27. The molecule has 0 bridgehead atoms. The zero-order valence-corrected chi connectivity index (χ0v) is 16.2. The van der Waals surface area contributed by atoms with Gasteiger partial charge in [0.25, 0.3) is 0 Å². The van der Waals surface area contributed by atoms with Gasteiger partial charge in [-0.3, -0.25) is 9.48 Å². The van der Waals surface area contributed by atoms with E-state index in [0.717, 1.165) is 75.1 Å². The smallest absolute Gasteiger partial charge is 0.243 e. The Morgan fingerprint density at radius 2 is 2.00 bits per heavy atom. The molecule has 0 aromatic carbocycles. The maximum atomic E-state index is 11.9. The van der Waals surface area contributed by atoms with E-state index in [0.29, 0.717) is 0 Å². The van der Waals surface area contributed by atoms with Crippen molar-refractivity contribution in [1.82, 2.24) is 30.0 Å². The lowest BCUT2D eigenvalue weighted by Gasteiger charge is -2.07. The molecule has 3 rings (SSSR count). The number of fused-ring (bicyclic) bond motifs is 1. The first-order chi connectivity index (χ1) is 13.1. The molecule has 0 saturated carbocycles. The number of unbranched alkanes of at least 4 members (excludes halogenated alkanes) is 3. The van der Waals surface area contributed by atoms with Crippen LogP contribution in [0, 0.1) is 0 Å². The van der Waals surface area contributed by atoms with Crippen molar-refractivity contribution in [2.45, 2.75) is 32.1 Å². The monoisotopic (exact) mass is 371 g/mol. The maximum absolute atomic E-state index is 11.9. The molecular weight excluding hydrogens is 342 g/mol. The Hall–Kier alpha value is -2.48. The van der Waals surface area contributed by atoms with E-state index in [-0.39, 0.29) is 5.91 Å². The van der Waals surface area contributed by atoms with E-state index in [1.165, 1.54) is 5.57 Å². The first-order valence-corrected chi connectivity index (χ1v) is 9.66. The molecule has 1 aliphatic rings. The number of likely N-dealkylation sites (tertiary alicyclic amines) is 1. The quantitative estimate of drug-likeness (QED) is 0.515. The van der Waals surface area contributed by atoms with Crippen LogP contribution >= 0.6 is 0 Å². The van der Waals surface area contributed by atoms with E-state index in [1.807, 2.05) is 7.05 Å². The minimum absolute atomic E-state index is 0.0472. The molecule has 0 atom stereocenters. The second-order valence-electron chi connectivity index (χ2n) is 7.15. The second kappa shape index (κ2) is 9.45. The van der Waals surface area contributed by atoms with Crippen LogP contribution in [-0.4, -0.2) is 63.8 Å². The van der Waals surface area contributed by atoms with Gasteiger partial charge in [-0.25, -0.2) is 9.97 Å². The predicted octanol–water partition coefficient (Wildman–Crippen LogP) is 1.71. The highest BCUT2D eigenvalue weighted by atomic mass is 16.1. The van der Waals surface area contributed by atoms with Gasteiger partial charge in [-0.1, -0.05) is 12.8 Å². The number of nitrogens with one attached hydrogen (secondary N) is 2. The molecule has 1 amide bonds. The fraction of sp³-hybridized carbons (Fsp3) is 0.579. The van der Waals surface area contributed by atoms with Crippen LogP contribution in [0.5, 0.6) is 0 Å². The van der Waals surface area contributed by atoms with Crippen LogP contribution in [0.2, 0.25) is 0 Å². The lowest BCUT2D eigenvalue weighted by Crippen LogP contribution is -2.23. The Morgan fingerprint density at radius 1 is 1.19 bits per heavy atom. The Kier molecular flexibility index (Phi) is 6.75. The summed E-state index contributed by atoms with van der Waals surface area (Å²) in [5.74, 6) is 0.879. The summed E-state index contributed by atoms with van der Waals surface area (Å²) in [6.45, 7) is 3.57. The summed E-state index contributed by atoms with van der Waals surface area (Å²) in [6.07, 6.45) is 10.4. The van der Waals surface area contributed by atoms with E-state index in [1.54, 1.807) is 23.3 Å². The van der Waals surface area contributed by atoms with Crippen LogP contribution in [0.4, 0.5) is 5.82 Å². The van der Waals surface area contributed by atoms with Crippen molar-refractivity contribution in [3.05, 3.63) is 24.2 Å². The third kappa shape index (κ3) is 5.50. The molecule has 1 aliphatic heterocycles. The molecule has 0 aliphatic carbocycles. The van der Waals surface area contributed by atoms with Gasteiger partial charge in [-0.05, 0) is 31.9 Å². The van der Waals surface area contributed by atoms with Gasteiger partial charge < -0.3 is 15.5 Å². The molecule has 0 unspecified atom stereocenters. The number of nitrogens with zero attached hydrogens (tertiary/aromatic N) is 5. The molecular formula is C19H29N7O. The second-order valence-corrected chi connectivity index (χ2v) is 7.15. The first kappa shape index (κ1) is 19.3. The molecule has 146 valence electrons. The van der Waals surface area contributed by atoms with Crippen LogP contribution in [-0.2, 0) is 11.8 Å². The van der Waals surface area contributed by atoms with Gasteiger partial charge in [0, 0.05) is 39.3 Å². The van der Waals surface area contributed by atoms with Gasteiger partial charge in [0.1, 0.15) is 17.4 Å². The van der Waals surface area contributed by atoms with Crippen LogP contribution < -0.4 is 10.6 Å². The lowest BCUT2D eigenvalue weighted by molar-refractivity contribution is -0.116. The largest absolute Gasteiger partial charge is 0.368 e. The zero-order chi connectivity index (χ0) is 19.1. The Labute approximate surface area is 160 Å². The third-order valence-corrected chi connectivity index (χ3v) is 4.85. The summed E-state index contributed by atoms with van der Waals surface area (Å²) >= 11 is 0. The Morgan fingerprint density at radius 3 is 2.78 bits per heavy atom. The first-order valence-electron chi connectivity index (χ1n) is 9.66. The fourth-order valence-corrected chi connectivity index (χ4v) is 3.35. The van der Waals surface area contributed by atoms with E-state index in [4.69, 9.17) is 0 Å². The summed E-state index contributed by atoms with van der Waals surface area (Å²) in [7, 11) is 3.98. The number of rotatable bonds is 9. The molecule has 1 saturated heterocycles. The highest BCUT2D eigenvalue weighted by Gasteiger charge is 2.13. The highest BCUT2D eigenvalue weighted by molar-refractivity contribution is 5.88. The summed E-state index contributed by atoms with van der Waals surface area (Å²) in [6, 6.07) is 0. The predicted molar refractivity (Wildman–Crippen MR) is 106 cm³/mol. The standard InChI is InChI=1S/C19H29N7O/c1-25-10-7-15(13-25)11-17(27)20-8-5-3-4-6-9-21-19-18-16(22-14-23-19)12-24-26(18)2/h11-12,14H,3-10,13H2,1-2H3,(H,20,27)(H,21,22,23)/b15-11+. The molecule has 2 aromatic rings. The molecule has 8 heteroatoms. The summed E-state index contributed by atoms with van der Waals surface area (Å²) < 4.78 is 1.79. The number of carbonyl (C=O) groups excluding carboxylic acids is 1. The van der Waals surface area contributed by atoms with Crippen molar-refractivity contribution in [2.75, 3.05) is 38.5 Å². The maximum Gasteiger partial charge on any atom is 0.243 e. The normalized spacial score (nSPS) is 16.3. The van der Waals surface area contributed by atoms with E-state index in [9.17, 15) is 4.79 Å². The lowest BCUT2D eigenvalue weighted by atomic mass is 10.2. The number of anilines is 1. The molecule has 0 radical (unpaired) electrons. The molecule has 2 N–H and O–H groups in total. The minimum Gasteiger partial charge on any atom is -0.368 e. The van der Waals surface area contributed by atoms with Crippen molar-refractivity contribution < 1.29 is 4.79 Å². The zero-order valence-electron chi connectivity index (χ0n) is 16.2. The fourth-order valence-electron chi connectivity index (χ4n) is 3.35. The number of likely N-dealkylation sites (N-methyl/N-ethyl adjacent to an activating group) is 1. The van der Waals surface area contributed by atoms with E-state index >= 15 is 0 Å². The molecule has 3 heterocycles. The summed E-state index contributed by atoms with van der Waals surface area (Å²) in [5, 5.41) is 10.6. The van der Waals surface area contributed by atoms with Crippen molar-refractivity contribution >= 4 is 22.8 Å². The molecule has 8 nitrogen and oxygen atoms in total. The van der Waals surface area contributed by atoms with Gasteiger partial charge in [0.2, 0.25) is 5.91 Å². The minimum atomic E-state index is 0.0472. The number of amides is 1. The number of hydrogen-bond acceptors (Lipinski definition) is 6. The van der Waals surface area contributed by atoms with Crippen molar-refractivity contribution in [3.8, 4) is 0 Å². The van der Waals surface area contributed by atoms with Gasteiger partial charge in [-0.2, -0.15) is 5.10 Å². The number of aromatic nitrogens is 4. The van der Waals surface area contributed by atoms with Crippen molar-refractivity contribution in [3.63, 3.8) is 0 Å². The van der Waals surface area contributed by atoms with Crippen molar-refractivity contribution in [1.29, 1.82) is 0 Å². The number of hydrogen-bond donors (Lipinski definition) is 2. The van der Waals surface area contributed by atoms with E-state index < -0.39 is 0 Å². The van der Waals surface area contributed by atoms with Crippen molar-refractivity contribution in [2.24, 2.45) is 7.05 Å². The highest BCUT2D eigenvalue weighted by Crippen LogP contribution is 2.17. The topological polar surface area (TPSA) is 88.0 Å². The molecule has 0 spiro atoms. The third-order valence-electron chi connectivity index (χ3n) is 4.85. The van der Waals surface area contributed by atoms with Gasteiger partial charge in [0.15, 0.2) is 5.82 Å². The van der Waals surface area contributed by atoms with Gasteiger partial charge >= 0.3 is 0 Å². The molecule has 1 fully saturated rings. The number of carbonyl (C=O) groups is 1. The van der Waals surface area contributed by atoms with Crippen LogP contribution in [0.15, 0.2) is 24.2 Å². The summed E-state index contributed by atoms with van der Waals surface area (Å²) in [5.41, 5.74) is 3.01. The summed E-state index contributed by atoms with van der Waals surface area (Å²) in [4.78, 5) is 22.6. The van der Waals surface area contributed by atoms with Crippen LogP contribution in [0.25, 0.3) is 11.0 Å². The van der Waals surface area contributed by atoms with Gasteiger partial charge in [0.05, 0.1) is 6.20 Å². The molecule has 27 heavy (non-hydrogen) atoms. The molecule has 2 aromatic heterocycles. The number of aryl methyl sites for hydroxylation is 1. The Bertz CT molecular complexity index is 798.